The zero-order valence-electron chi connectivity index (χ0n) is 15.1. The second-order valence-corrected chi connectivity index (χ2v) is 6.25. The van der Waals surface area contributed by atoms with Crippen LogP contribution in [0.3, 0.4) is 0 Å². The molecular formula is C23H19N5. The van der Waals surface area contributed by atoms with Crippen molar-refractivity contribution in [3.8, 4) is 0 Å². The van der Waals surface area contributed by atoms with Gasteiger partial charge in [0.2, 0.25) is 5.96 Å². The molecule has 136 valence electrons. The molecule has 0 amide bonds. The monoisotopic (exact) mass is 365 g/mol. The molecule has 0 unspecified atom stereocenters. The van der Waals surface area contributed by atoms with Crippen molar-refractivity contribution in [2.45, 2.75) is 0 Å². The molecular weight excluding hydrogens is 346 g/mol. The molecule has 5 nitrogen and oxygen atoms in total. The third-order valence-corrected chi connectivity index (χ3v) is 4.41. The number of hydrazone groups is 2. The summed E-state index contributed by atoms with van der Waals surface area (Å²) in [5, 5.41) is 20.7. The highest BCUT2D eigenvalue weighted by atomic mass is 15.4. The van der Waals surface area contributed by atoms with Crippen molar-refractivity contribution in [3.05, 3.63) is 96.1 Å². The molecule has 0 radical (unpaired) electrons. The molecule has 0 aliphatic rings. The van der Waals surface area contributed by atoms with Crippen LogP contribution in [-0.2, 0) is 0 Å². The molecule has 0 aromatic heterocycles. The highest BCUT2D eigenvalue weighted by Gasteiger charge is 1.98. The topological polar surface area (TPSA) is 72.6 Å². The summed E-state index contributed by atoms with van der Waals surface area (Å²) in [5.41, 5.74) is 7.26. The molecule has 0 atom stereocenters. The predicted molar refractivity (Wildman–Crippen MR) is 117 cm³/mol. The van der Waals surface area contributed by atoms with E-state index in [1.807, 2.05) is 48.5 Å². The summed E-state index contributed by atoms with van der Waals surface area (Å²) in [4.78, 5) is 0. The lowest BCUT2D eigenvalue weighted by molar-refractivity contribution is 0.893. The Morgan fingerprint density at radius 2 is 1.04 bits per heavy atom. The Kier molecular flexibility index (Phi) is 5.06. The highest BCUT2D eigenvalue weighted by Crippen LogP contribution is 2.17. The van der Waals surface area contributed by atoms with Gasteiger partial charge in [0.1, 0.15) is 0 Å². The molecule has 0 saturated carbocycles. The van der Waals surface area contributed by atoms with E-state index in [0.717, 1.165) is 32.7 Å². The zero-order valence-corrected chi connectivity index (χ0v) is 15.1. The fraction of sp³-hybridized carbons (Fsp3) is 0. The maximum atomic E-state index is 7.90. The first-order valence-corrected chi connectivity index (χ1v) is 8.93. The van der Waals surface area contributed by atoms with Crippen LogP contribution in [0.25, 0.3) is 21.5 Å². The van der Waals surface area contributed by atoms with E-state index in [4.69, 9.17) is 5.41 Å². The van der Waals surface area contributed by atoms with E-state index in [-0.39, 0.29) is 5.96 Å². The molecule has 0 spiro atoms. The Bertz CT molecular complexity index is 1090. The van der Waals surface area contributed by atoms with Crippen LogP contribution in [0.5, 0.6) is 0 Å². The molecule has 4 aromatic rings. The number of rotatable bonds is 4. The Balaban J connectivity index is 1.39. The van der Waals surface area contributed by atoms with Gasteiger partial charge in [0, 0.05) is 11.1 Å². The van der Waals surface area contributed by atoms with Gasteiger partial charge in [-0.25, -0.2) is 10.9 Å². The average molecular weight is 365 g/mol. The lowest BCUT2D eigenvalue weighted by Gasteiger charge is -2.04. The third kappa shape index (κ3) is 3.88. The molecule has 0 heterocycles. The van der Waals surface area contributed by atoms with Gasteiger partial charge in [-0.05, 0) is 21.5 Å². The molecule has 0 aliphatic heterocycles. The smallest absolute Gasteiger partial charge is 0.230 e. The summed E-state index contributed by atoms with van der Waals surface area (Å²) < 4.78 is 0. The molecule has 5 heteroatoms. The van der Waals surface area contributed by atoms with E-state index < -0.39 is 0 Å². The largest absolute Gasteiger partial charge is 0.266 e. The molecule has 0 bridgehead atoms. The molecule has 4 rings (SSSR count). The van der Waals surface area contributed by atoms with Crippen molar-refractivity contribution < 1.29 is 0 Å². The molecule has 28 heavy (non-hydrogen) atoms. The summed E-state index contributed by atoms with van der Waals surface area (Å²) in [6, 6.07) is 28.3. The first-order chi connectivity index (χ1) is 13.8. The van der Waals surface area contributed by atoms with Gasteiger partial charge in [0.05, 0.1) is 12.4 Å². The summed E-state index contributed by atoms with van der Waals surface area (Å²) >= 11 is 0. The Morgan fingerprint density at radius 1 is 0.607 bits per heavy atom. The van der Waals surface area contributed by atoms with Crippen molar-refractivity contribution in [2.24, 2.45) is 10.2 Å². The van der Waals surface area contributed by atoms with E-state index >= 15 is 0 Å². The van der Waals surface area contributed by atoms with Crippen LogP contribution in [0, 0.1) is 5.41 Å². The standard InChI is InChI=1S/C23H19N5/c24-23(27-25-15-19-11-5-9-17-7-1-3-13-21(17)19)28-26-16-20-12-6-10-18-8-2-4-14-22(18)20/h1-16H,(H3,24,27,28)/b25-15+,26-16+. The maximum absolute atomic E-state index is 7.90. The van der Waals surface area contributed by atoms with Crippen LogP contribution < -0.4 is 10.9 Å². The van der Waals surface area contributed by atoms with E-state index in [9.17, 15) is 0 Å². The van der Waals surface area contributed by atoms with Crippen molar-refractivity contribution >= 4 is 39.9 Å². The van der Waals surface area contributed by atoms with Crippen LogP contribution >= 0.6 is 0 Å². The van der Waals surface area contributed by atoms with Gasteiger partial charge in [0.25, 0.3) is 0 Å². The van der Waals surface area contributed by atoms with Gasteiger partial charge in [-0.2, -0.15) is 10.2 Å². The number of nitrogens with one attached hydrogen (secondary N) is 3. The molecule has 3 N–H and O–H groups in total. The fourth-order valence-corrected chi connectivity index (χ4v) is 3.08. The Morgan fingerprint density at radius 3 is 1.54 bits per heavy atom. The summed E-state index contributed by atoms with van der Waals surface area (Å²) in [7, 11) is 0. The first-order valence-electron chi connectivity index (χ1n) is 8.93. The zero-order chi connectivity index (χ0) is 19.2. The highest BCUT2D eigenvalue weighted by molar-refractivity contribution is 6.01. The molecule has 4 aromatic carbocycles. The van der Waals surface area contributed by atoms with Crippen molar-refractivity contribution in [1.82, 2.24) is 10.9 Å². The van der Waals surface area contributed by atoms with Gasteiger partial charge < -0.3 is 0 Å². The Hall–Kier alpha value is -3.99. The number of nitrogens with zero attached hydrogens (tertiary/aromatic N) is 2. The van der Waals surface area contributed by atoms with E-state index in [1.54, 1.807) is 12.4 Å². The van der Waals surface area contributed by atoms with Crippen LogP contribution in [0.4, 0.5) is 0 Å². The maximum Gasteiger partial charge on any atom is 0.230 e. The Labute approximate surface area is 162 Å². The van der Waals surface area contributed by atoms with Gasteiger partial charge in [-0.15, -0.1) is 0 Å². The first kappa shape index (κ1) is 17.4. The lowest BCUT2D eigenvalue weighted by atomic mass is 10.1. The summed E-state index contributed by atoms with van der Waals surface area (Å²) in [6.07, 6.45) is 3.40. The minimum atomic E-state index is -0.00651. The number of hydrogen-bond acceptors (Lipinski definition) is 3. The normalized spacial score (nSPS) is 11.4. The minimum absolute atomic E-state index is 0.00651. The average Bonchev–Trinajstić information content (AvgIpc) is 2.74. The van der Waals surface area contributed by atoms with Crippen LogP contribution in [0.1, 0.15) is 11.1 Å². The fourth-order valence-electron chi connectivity index (χ4n) is 3.08. The van der Waals surface area contributed by atoms with Crippen molar-refractivity contribution in [1.29, 1.82) is 5.41 Å². The van der Waals surface area contributed by atoms with Crippen LogP contribution in [-0.4, -0.2) is 18.4 Å². The van der Waals surface area contributed by atoms with Crippen LogP contribution in [0.2, 0.25) is 0 Å². The van der Waals surface area contributed by atoms with Crippen LogP contribution in [0.15, 0.2) is 95.1 Å². The number of fused-ring (bicyclic) bond motifs is 2. The van der Waals surface area contributed by atoms with Gasteiger partial charge in [-0.3, -0.25) is 5.41 Å². The van der Waals surface area contributed by atoms with E-state index in [2.05, 4.69) is 57.5 Å². The molecule has 0 aliphatic carbocycles. The quantitative estimate of drug-likeness (QED) is 0.283. The molecule has 0 fully saturated rings. The molecule has 0 saturated heterocycles. The SMILES string of the molecule is N=C(N/N=C/c1cccc2ccccc12)N/N=C/c1cccc2ccccc12. The van der Waals surface area contributed by atoms with Gasteiger partial charge in [-0.1, -0.05) is 84.9 Å². The number of hydrogen-bond donors (Lipinski definition) is 3. The second kappa shape index (κ2) is 8.14. The van der Waals surface area contributed by atoms with E-state index in [1.165, 1.54) is 0 Å². The van der Waals surface area contributed by atoms with Gasteiger partial charge in [0.15, 0.2) is 0 Å². The predicted octanol–water partition coefficient (Wildman–Crippen LogP) is 4.47. The lowest BCUT2D eigenvalue weighted by Crippen LogP contribution is -2.29. The number of guanidine groups is 1. The van der Waals surface area contributed by atoms with Gasteiger partial charge >= 0.3 is 0 Å². The summed E-state index contributed by atoms with van der Waals surface area (Å²) in [6.45, 7) is 0. The van der Waals surface area contributed by atoms with Crippen molar-refractivity contribution in [3.63, 3.8) is 0 Å². The second-order valence-electron chi connectivity index (χ2n) is 6.25. The summed E-state index contributed by atoms with van der Waals surface area (Å²) in [5.74, 6) is -0.00651. The minimum Gasteiger partial charge on any atom is -0.266 e. The third-order valence-electron chi connectivity index (χ3n) is 4.41. The number of benzene rings is 4. The van der Waals surface area contributed by atoms with E-state index in [0.29, 0.717) is 0 Å². The van der Waals surface area contributed by atoms with Crippen molar-refractivity contribution in [2.75, 3.05) is 0 Å².